The van der Waals surface area contributed by atoms with Gasteiger partial charge in [0.1, 0.15) is 11.6 Å². The Bertz CT molecular complexity index is 1300. The van der Waals surface area contributed by atoms with E-state index >= 15 is 0 Å². The van der Waals surface area contributed by atoms with E-state index in [1.54, 1.807) is 31.4 Å². The Morgan fingerprint density at radius 1 is 1.24 bits per heavy atom. The number of aromatic nitrogens is 4. The summed E-state index contributed by atoms with van der Waals surface area (Å²) in [4.78, 5) is 18.1. The summed E-state index contributed by atoms with van der Waals surface area (Å²) in [5, 5.41) is 11.7. The Morgan fingerprint density at radius 3 is 2.68 bits per heavy atom. The Hall–Kier alpha value is -3.50. The number of anilines is 2. The molecule has 174 valence electrons. The molecule has 10 heteroatoms. The van der Waals surface area contributed by atoms with Crippen molar-refractivity contribution in [3.63, 3.8) is 0 Å². The maximum absolute atomic E-state index is 14.3. The average molecular weight is 496 g/mol. The molecule has 1 amide bonds. The zero-order valence-corrected chi connectivity index (χ0v) is 20.3. The van der Waals surface area contributed by atoms with Gasteiger partial charge in [-0.3, -0.25) is 14.3 Å². The van der Waals surface area contributed by atoms with Crippen LogP contribution in [0.2, 0.25) is 0 Å². The van der Waals surface area contributed by atoms with Crippen LogP contribution in [0.25, 0.3) is 11.4 Å². The Morgan fingerprint density at radius 2 is 2.00 bits per heavy atom. The predicted octanol–water partition coefficient (Wildman–Crippen LogP) is 5.71. The quantitative estimate of drug-likeness (QED) is 0.219. The number of para-hydroxylation sites is 1. The summed E-state index contributed by atoms with van der Waals surface area (Å²) in [5.41, 5.74) is 1.85. The number of methoxy groups -OCH3 is 1. The highest BCUT2D eigenvalue weighted by Gasteiger charge is 2.21. The molecule has 0 saturated carbocycles. The zero-order valence-electron chi connectivity index (χ0n) is 18.6. The van der Waals surface area contributed by atoms with Crippen molar-refractivity contribution in [2.45, 2.75) is 24.4 Å². The number of halogens is 1. The largest absolute Gasteiger partial charge is 0.497 e. The standard InChI is InChI=1S/C24H22FN5O2S2/c1-4-13-29-22(17-9-11-19(32-3)12-10-17)27-28-24(29)34-15-18-14-33-23(26-18)30(16(2)31)21-8-6-5-7-20(21)25/h4-12,14H,1,13,15H2,2-3H3. The topological polar surface area (TPSA) is 73.1 Å². The van der Waals surface area contributed by atoms with E-state index in [0.29, 0.717) is 17.4 Å². The van der Waals surface area contributed by atoms with E-state index in [0.717, 1.165) is 28.0 Å². The number of carbonyl (C=O) groups is 1. The lowest BCUT2D eigenvalue weighted by Gasteiger charge is -2.18. The van der Waals surface area contributed by atoms with Gasteiger partial charge in [-0.1, -0.05) is 30.0 Å². The molecule has 0 saturated heterocycles. The fraction of sp³-hybridized carbons (Fsp3) is 0.167. The molecule has 4 aromatic rings. The number of allylic oxidation sites excluding steroid dienone is 1. The van der Waals surface area contributed by atoms with Crippen LogP contribution < -0.4 is 9.64 Å². The summed E-state index contributed by atoms with van der Waals surface area (Å²) in [7, 11) is 1.62. The molecule has 4 rings (SSSR count). The van der Waals surface area contributed by atoms with Gasteiger partial charge in [-0.15, -0.1) is 28.1 Å². The second-order valence-electron chi connectivity index (χ2n) is 7.15. The van der Waals surface area contributed by atoms with Crippen LogP contribution in [-0.4, -0.2) is 32.8 Å². The first-order valence-electron chi connectivity index (χ1n) is 10.3. The number of thioether (sulfide) groups is 1. The van der Waals surface area contributed by atoms with Crippen molar-refractivity contribution in [2.24, 2.45) is 0 Å². The van der Waals surface area contributed by atoms with Crippen molar-refractivity contribution in [1.29, 1.82) is 0 Å². The molecule has 0 aliphatic heterocycles. The van der Waals surface area contributed by atoms with E-state index in [1.807, 2.05) is 34.2 Å². The second kappa shape index (κ2) is 10.6. The van der Waals surface area contributed by atoms with Gasteiger partial charge < -0.3 is 4.74 Å². The van der Waals surface area contributed by atoms with Crippen molar-refractivity contribution in [3.8, 4) is 17.1 Å². The highest BCUT2D eigenvalue weighted by atomic mass is 32.2. The van der Waals surface area contributed by atoms with Gasteiger partial charge >= 0.3 is 0 Å². The van der Waals surface area contributed by atoms with E-state index in [9.17, 15) is 9.18 Å². The number of hydrogen-bond acceptors (Lipinski definition) is 7. The van der Waals surface area contributed by atoms with Gasteiger partial charge in [0, 0.05) is 30.2 Å². The number of nitrogens with zero attached hydrogens (tertiary/aromatic N) is 5. The molecule has 0 fully saturated rings. The number of rotatable bonds is 9. The molecule has 2 aromatic carbocycles. The lowest BCUT2D eigenvalue weighted by atomic mass is 10.2. The van der Waals surface area contributed by atoms with Gasteiger partial charge in [-0.2, -0.15) is 0 Å². The van der Waals surface area contributed by atoms with E-state index < -0.39 is 5.82 Å². The van der Waals surface area contributed by atoms with Gasteiger partial charge in [0.2, 0.25) is 5.91 Å². The van der Waals surface area contributed by atoms with Crippen molar-refractivity contribution >= 4 is 39.8 Å². The number of benzene rings is 2. The Balaban J connectivity index is 1.54. The highest BCUT2D eigenvalue weighted by Crippen LogP contribution is 2.33. The highest BCUT2D eigenvalue weighted by molar-refractivity contribution is 7.98. The summed E-state index contributed by atoms with van der Waals surface area (Å²) in [6.07, 6.45) is 1.79. The van der Waals surface area contributed by atoms with E-state index in [2.05, 4.69) is 21.8 Å². The molecule has 2 heterocycles. The van der Waals surface area contributed by atoms with Crippen LogP contribution in [0.3, 0.4) is 0 Å². The molecule has 7 nitrogen and oxygen atoms in total. The molecular weight excluding hydrogens is 473 g/mol. The molecule has 34 heavy (non-hydrogen) atoms. The van der Waals surface area contributed by atoms with E-state index in [-0.39, 0.29) is 11.6 Å². The molecule has 0 spiro atoms. The van der Waals surface area contributed by atoms with Gasteiger partial charge in [-0.05, 0) is 36.4 Å². The summed E-state index contributed by atoms with van der Waals surface area (Å²) in [6, 6.07) is 13.8. The van der Waals surface area contributed by atoms with E-state index in [1.165, 1.54) is 41.0 Å². The first-order chi connectivity index (χ1) is 16.5. The molecule has 0 radical (unpaired) electrons. The SMILES string of the molecule is C=CCn1c(SCc2csc(N(C(C)=O)c3ccccc3F)n2)nnc1-c1ccc(OC)cc1. The minimum absolute atomic E-state index is 0.179. The molecule has 2 aromatic heterocycles. The van der Waals surface area contributed by atoms with Gasteiger partial charge in [0.25, 0.3) is 0 Å². The third kappa shape index (κ3) is 5.02. The third-order valence-corrected chi connectivity index (χ3v) is 6.74. The van der Waals surface area contributed by atoms with Gasteiger partial charge in [0.15, 0.2) is 16.1 Å². The predicted molar refractivity (Wildman–Crippen MR) is 133 cm³/mol. The maximum atomic E-state index is 14.3. The van der Waals surface area contributed by atoms with Crippen molar-refractivity contribution in [2.75, 3.05) is 12.0 Å². The monoisotopic (exact) mass is 495 g/mol. The molecule has 0 aliphatic rings. The first-order valence-corrected chi connectivity index (χ1v) is 12.2. The lowest BCUT2D eigenvalue weighted by molar-refractivity contribution is -0.115. The maximum Gasteiger partial charge on any atom is 0.230 e. The minimum atomic E-state index is -0.479. The number of amides is 1. The van der Waals surface area contributed by atoms with Crippen LogP contribution in [-0.2, 0) is 17.1 Å². The van der Waals surface area contributed by atoms with Crippen LogP contribution in [0.5, 0.6) is 5.75 Å². The second-order valence-corrected chi connectivity index (χ2v) is 8.93. The normalized spacial score (nSPS) is 10.8. The molecule has 0 bridgehead atoms. The fourth-order valence-electron chi connectivity index (χ4n) is 3.29. The van der Waals surface area contributed by atoms with Crippen LogP contribution in [0, 0.1) is 5.82 Å². The summed E-state index contributed by atoms with van der Waals surface area (Å²) in [5.74, 6) is 1.21. The molecular formula is C24H22FN5O2S2. The summed E-state index contributed by atoms with van der Waals surface area (Å²) < 4.78 is 21.5. The van der Waals surface area contributed by atoms with Crippen LogP contribution >= 0.6 is 23.1 Å². The van der Waals surface area contributed by atoms with Gasteiger partial charge in [0.05, 0.1) is 18.5 Å². The summed E-state index contributed by atoms with van der Waals surface area (Å²) in [6.45, 7) is 5.78. The van der Waals surface area contributed by atoms with E-state index in [4.69, 9.17) is 4.74 Å². The minimum Gasteiger partial charge on any atom is -0.497 e. The molecule has 0 unspecified atom stereocenters. The van der Waals surface area contributed by atoms with Crippen molar-refractivity contribution in [1.82, 2.24) is 19.7 Å². The summed E-state index contributed by atoms with van der Waals surface area (Å²) >= 11 is 2.77. The molecule has 0 aliphatic carbocycles. The number of carbonyl (C=O) groups excluding carboxylic acids is 1. The number of ether oxygens (including phenoxy) is 1. The van der Waals surface area contributed by atoms with Crippen LogP contribution in [0.1, 0.15) is 12.6 Å². The Labute approximate surface area is 204 Å². The van der Waals surface area contributed by atoms with Crippen molar-refractivity contribution < 1.29 is 13.9 Å². The lowest BCUT2D eigenvalue weighted by Crippen LogP contribution is -2.23. The first kappa shape index (κ1) is 23.7. The Kier molecular flexibility index (Phi) is 7.39. The smallest absolute Gasteiger partial charge is 0.230 e. The molecule has 0 atom stereocenters. The number of thiazole rings is 1. The number of hydrogen-bond donors (Lipinski definition) is 0. The van der Waals surface area contributed by atoms with Gasteiger partial charge in [-0.25, -0.2) is 9.37 Å². The van der Waals surface area contributed by atoms with Crippen LogP contribution in [0.4, 0.5) is 15.2 Å². The average Bonchev–Trinajstić information content (AvgIpc) is 3.46. The third-order valence-electron chi connectivity index (χ3n) is 4.87. The van der Waals surface area contributed by atoms with Crippen LogP contribution in [0.15, 0.2) is 71.7 Å². The zero-order chi connectivity index (χ0) is 24.1. The molecule has 0 N–H and O–H groups in total. The van der Waals surface area contributed by atoms with Crippen molar-refractivity contribution in [3.05, 3.63) is 78.1 Å². The fourth-order valence-corrected chi connectivity index (χ4v) is 5.11.